The molecular weight excluding hydrogens is 292 g/mol. The van der Waals surface area contributed by atoms with Gasteiger partial charge in [-0.05, 0) is 25.5 Å². The molecule has 2 rings (SSSR count). The quantitative estimate of drug-likeness (QED) is 0.904. The molecule has 0 spiro atoms. The Balaban J connectivity index is 2.28. The molecule has 0 bridgehead atoms. The lowest BCUT2D eigenvalue weighted by Crippen LogP contribution is -2.51. The van der Waals surface area contributed by atoms with Crippen molar-refractivity contribution in [1.29, 1.82) is 0 Å². The summed E-state index contributed by atoms with van der Waals surface area (Å²) in [5, 5.41) is 2.82. The highest BCUT2D eigenvalue weighted by Crippen LogP contribution is 2.34. The van der Waals surface area contributed by atoms with Gasteiger partial charge in [0.05, 0.1) is 18.5 Å². The molecule has 2 atom stereocenters. The second-order valence-electron chi connectivity index (χ2n) is 5.19. The molecule has 0 fully saturated rings. The number of amides is 1. The summed E-state index contributed by atoms with van der Waals surface area (Å²) >= 11 is 0. The van der Waals surface area contributed by atoms with E-state index in [1.54, 1.807) is 24.3 Å². The molecule has 1 N–H and O–H groups in total. The second-order valence-corrected chi connectivity index (χ2v) is 7.09. The van der Waals surface area contributed by atoms with Crippen LogP contribution < -0.4 is 14.4 Å². The van der Waals surface area contributed by atoms with Gasteiger partial charge in [-0.25, -0.2) is 8.42 Å². The average Bonchev–Trinajstić information content (AvgIpc) is 2.44. The van der Waals surface area contributed by atoms with Gasteiger partial charge in [-0.2, -0.15) is 0 Å². The lowest BCUT2D eigenvalue weighted by Gasteiger charge is -2.34. The lowest BCUT2D eigenvalue weighted by atomic mass is 10.2. The normalized spacial score (nSPS) is 19.4. The van der Waals surface area contributed by atoms with Crippen LogP contribution in [-0.4, -0.2) is 39.3 Å². The number of nitrogens with zero attached hydrogens (tertiary/aromatic N) is 1. The highest BCUT2D eigenvalue weighted by atomic mass is 32.2. The van der Waals surface area contributed by atoms with Gasteiger partial charge in [-0.15, -0.1) is 0 Å². The fraction of sp³-hybridized carbons (Fsp3) is 0.500. The first-order valence-electron chi connectivity index (χ1n) is 6.86. The third-order valence-corrected chi connectivity index (χ3v) is 4.58. The third-order valence-electron chi connectivity index (χ3n) is 3.43. The van der Waals surface area contributed by atoms with Crippen molar-refractivity contribution in [2.75, 3.05) is 17.1 Å². The smallest absolute Gasteiger partial charge is 0.263 e. The van der Waals surface area contributed by atoms with E-state index < -0.39 is 16.1 Å². The number of benzene rings is 1. The Morgan fingerprint density at radius 3 is 2.76 bits per heavy atom. The van der Waals surface area contributed by atoms with Crippen molar-refractivity contribution in [3.63, 3.8) is 0 Å². The van der Waals surface area contributed by atoms with E-state index in [-0.39, 0.29) is 18.5 Å². The fourth-order valence-electron chi connectivity index (χ4n) is 2.09. The van der Waals surface area contributed by atoms with Crippen molar-refractivity contribution in [2.45, 2.75) is 32.4 Å². The van der Waals surface area contributed by atoms with E-state index in [4.69, 9.17) is 4.74 Å². The molecule has 1 aliphatic rings. The highest BCUT2D eigenvalue weighted by Gasteiger charge is 2.34. The molecule has 0 saturated carbocycles. The maximum atomic E-state index is 12.2. The number of para-hydroxylation sites is 2. The SMILES string of the molecule is CCC(C)NC(=O)C1CN(S(C)(=O)=O)c2ccccc2O1. The summed E-state index contributed by atoms with van der Waals surface area (Å²) in [6, 6.07) is 6.83. The van der Waals surface area contributed by atoms with Crippen LogP contribution in [-0.2, 0) is 14.8 Å². The molecular formula is C14H20N2O4S. The Labute approximate surface area is 125 Å². The molecule has 1 aromatic rings. The molecule has 1 aromatic carbocycles. The van der Waals surface area contributed by atoms with Crippen molar-refractivity contribution >= 4 is 21.6 Å². The number of carbonyl (C=O) groups excluding carboxylic acids is 1. The minimum atomic E-state index is -3.47. The van der Waals surface area contributed by atoms with Crippen molar-refractivity contribution < 1.29 is 17.9 Å². The van der Waals surface area contributed by atoms with Gasteiger partial charge in [0.1, 0.15) is 5.75 Å². The zero-order valence-corrected chi connectivity index (χ0v) is 13.2. The lowest BCUT2D eigenvalue weighted by molar-refractivity contribution is -0.128. The van der Waals surface area contributed by atoms with Crippen LogP contribution in [0.4, 0.5) is 5.69 Å². The number of rotatable bonds is 4. The second kappa shape index (κ2) is 5.93. The van der Waals surface area contributed by atoms with Crippen LogP contribution in [0.25, 0.3) is 0 Å². The van der Waals surface area contributed by atoms with E-state index in [1.165, 1.54) is 4.31 Å². The van der Waals surface area contributed by atoms with Crippen LogP contribution >= 0.6 is 0 Å². The zero-order chi connectivity index (χ0) is 15.6. The van der Waals surface area contributed by atoms with E-state index in [1.807, 2.05) is 13.8 Å². The van der Waals surface area contributed by atoms with Crippen LogP contribution in [0.2, 0.25) is 0 Å². The zero-order valence-electron chi connectivity index (χ0n) is 12.4. The van der Waals surface area contributed by atoms with Gasteiger partial charge in [0.15, 0.2) is 6.10 Å². The number of carbonyl (C=O) groups is 1. The number of fused-ring (bicyclic) bond motifs is 1. The largest absolute Gasteiger partial charge is 0.476 e. The van der Waals surface area contributed by atoms with Gasteiger partial charge >= 0.3 is 0 Å². The summed E-state index contributed by atoms with van der Waals surface area (Å²) < 4.78 is 30.7. The summed E-state index contributed by atoms with van der Waals surface area (Å²) in [5.74, 6) is 0.103. The molecule has 116 valence electrons. The number of hydrogen-bond donors (Lipinski definition) is 1. The van der Waals surface area contributed by atoms with Crippen LogP contribution in [0.3, 0.4) is 0 Å². The first kappa shape index (κ1) is 15.6. The number of ether oxygens (including phenoxy) is 1. The Morgan fingerprint density at radius 1 is 1.48 bits per heavy atom. The number of hydrogen-bond acceptors (Lipinski definition) is 4. The Hall–Kier alpha value is -1.76. The van der Waals surface area contributed by atoms with Gasteiger partial charge in [-0.3, -0.25) is 9.10 Å². The molecule has 21 heavy (non-hydrogen) atoms. The molecule has 2 unspecified atom stereocenters. The molecule has 0 saturated heterocycles. The molecule has 0 radical (unpaired) electrons. The van der Waals surface area contributed by atoms with Gasteiger partial charge < -0.3 is 10.1 Å². The molecule has 0 aliphatic carbocycles. The summed E-state index contributed by atoms with van der Waals surface area (Å²) in [6.45, 7) is 3.84. The van der Waals surface area contributed by atoms with E-state index in [0.717, 1.165) is 12.7 Å². The van der Waals surface area contributed by atoms with E-state index >= 15 is 0 Å². The first-order valence-corrected chi connectivity index (χ1v) is 8.71. The van der Waals surface area contributed by atoms with Crippen molar-refractivity contribution in [1.82, 2.24) is 5.32 Å². The molecule has 7 heteroatoms. The van der Waals surface area contributed by atoms with Crippen LogP contribution in [0.1, 0.15) is 20.3 Å². The maximum absolute atomic E-state index is 12.2. The maximum Gasteiger partial charge on any atom is 0.263 e. The van der Waals surface area contributed by atoms with E-state index in [2.05, 4.69) is 5.32 Å². The Morgan fingerprint density at radius 2 is 2.14 bits per heavy atom. The summed E-state index contributed by atoms with van der Waals surface area (Å²) in [4.78, 5) is 12.2. The number of sulfonamides is 1. The third kappa shape index (κ3) is 3.47. The molecule has 1 aliphatic heterocycles. The van der Waals surface area contributed by atoms with Crippen molar-refractivity contribution in [3.05, 3.63) is 24.3 Å². The highest BCUT2D eigenvalue weighted by molar-refractivity contribution is 7.92. The topological polar surface area (TPSA) is 75.7 Å². The predicted octanol–water partition coefficient (Wildman–Crippen LogP) is 1.13. The average molecular weight is 312 g/mol. The first-order chi connectivity index (χ1) is 9.82. The molecule has 1 heterocycles. The predicted molar refractivity (Wildman–Crippen MR) is 80.9 cm³/mol. The van der Waals surface area contributed by atoms with Gasteiger partial charge in [-0.1, -0.05) is 19.1 Å². The number of nitrogens with one attached hydrogen (secondary N) is 1. The summed E-state index contributed by atoms with van der Waals surface area (Å²) in [5.41, 5.74) is 0.465. The van der Waals surface area contributed by atoms with Gasteiger partial charge in [0.2, 0.25) is 10.0 Å². The minimum Gasteiger partial charge on any atom is -0.476 e. The number of anilines is 1. The molecule has 0 aromatic heterocycles. The van der Waals surface area contributed by atoms with Gasteiger partial charge in [0.25, 0.3) is 5.91 Å². The molecule has 1 amide bonds. The molecule has 6 nitrogen and oxygen atoms in total. The van der Waals surface area contributed by atoms with E-state index in [0.29, 0.717) is 11.4 Å². The van der Waals surface area contributed by atoms with Crippen molar-refractivity contribution in [2.24, 2.45) is 0 Å². The Bertz CT molecular complexity index is 630. The van der Waals surface area contributed by atoms with Crippen LogP contribution in [0.5, 0.6) is 5.75 Å². The fourth-order valence-corrected chi connectivity index (χ4v) is 3.00. The summed E-state index contributed by atoms with van der Waals surface area (Å²) in [7, 11) is -3.47. The monoisotopic (exact) mass is 312 g/mol. The van der Waals surface area contributed by atoms with E-state index in [9.17, 15) is 13.2 Å². The standard InChI is InChI=1S/C14H20N2O4S/c1-4-10(2)15-14(17)13-9-16(21(3,18)19)11-7-5-6-8-12(11)20-13/h5-8,10,13H,4,9H2,1-3H3,(H,15,17). The van der Waals surface area contributed by atoms with Gasteiger partial charge in [0, 0.05) is 6.04 Å². The van der Waals surface area contributed by atoms with Crippen LogP contribution in [0, 0.1) is 0 Å². The Kier molecular flexibility index (Phi) is 4.41. The summed E-state index contributed by atoms with van der Waals surface area (Å²) in [6.07, 6.45) is 1.08. The minimum absolute atomic E-state index is 0.0158. The van der Waals surface area contributed by atoms with Crippen molar-refractivity contribution in [3.8, 4) is 5.75 Å². The van der Waals surface area contributed by atoms with Crippen LogP contribution in [0.15, 0.2) is 24.3 Å².